The van der Waals surface area contributed by atoms with Gasteiger partial charge in [-0.1, -0.05) is 17.2 Å². The predicted molar refractivity (Wildman–Crippen MR) is 61.3 cm³/mol. The summed E-state index contributed by atoms with van der Waals surface area (Å²) in [4.78, 5) is 16.0. The van der Waals surface area contributed by atoms with E-state index in [1.54, 1.807) is 0 Å². The van der Waals surface area contributed by atoms with Crippen molar-refractivity contribution in [2.24, 2.45) is 5.11 Å². The minimum absolute atomic E-state index is 0.0420. The van der Waals surface area contributed by atoms with E-state index in [4.69, 9.17) is 5.53 Å². The molecule has 0 saturated carbocycles. The van der Waals surface area contributed by atoms with E-state index in [1.807, 2.05) is 29.2 Å². The van der Waals surface area contributed by atoms with Crippen molar-refractivity contribution in [3.63, 3.8) is 0 Å². The zero-order valence-electron chi connectivity index (χ0n) is 8.63. The summed E-state index contributed by atoms with van der Waals surface area (Å²) in [6.45, 7) is 1.21. The highest BCUT2D eigenvalue weighted by atomic mass is 16.2. The van der Waals surface area contributed by atoms with Crippen molar-refractivity contribution in [1.29, 1.82) is 0 Å². The molecule has 1 aliphatic rings. The number of hydrogen-bond acceptors (Lipinski definition) is 3. The third-order valence-corrected chi connectivity index (χ3v) is 2.39. The minimum atomic E-state index is -0.0420. The number of benzene rings is 1. The number of azide groups is 1. The molecular weight excluding hydrogens is 206 g/mol. The topological polar surface area (TPSA) is 81.1 Å². The number of rotatable bonds is 3. The molecule has 0 fully saturated rings. The van der Waals surface area contributed by atoms with Gasteiger partial charge in [0.05, 0.1) is 17.9 Å². The lowest BCUT2D eigenvalue weighted by atomic mass is 10.2. The lowest BCUT2D eigenvalue weighted by Crippen LogP contribution is -2.39. The number of amides is 1. The van der Waals surface area contributed by atoms with Gasteiger partial charge in [0.25, 0.3) is 0 Å². The Balaban J connectivity index is 2.19. The molecule has 82 valence electrons. The molecule has 1 N–H and O–H groups in total. The Bertz CT molecular complexity index is 452. The molecule has 0 aromatic heterocycles. The van der Waals surface area contributed by atoms with Crippen LogP contribution in [-0.4, -0.2) is 25.5 Å². The molecule has 0 aliphatic carbocycles. The molecular formula is C10H11N5O. The van der Waals surface area contributed by atoms with E-state index >= 15 is 0 Å². The number of anilines is 2. The zero-order valence-corrected chi connectivity index (χ0v) is 8.63. The van der Waals surface area contributed by atoms with Crippen LogP contribution in [-0.2, 0) is 4.79 Å². The van der Waals surface area contributed by atoms with Crippen molar-refractivity contribution in [1.82, 2.24) is 0 Å². The molecule has 0 radical (unpaired) electrons. The normalized spacial score (nSPS) is 13.8. The number of nitrogens with one attached hydrogen (secondary N) is 1. The van der Waals surface area contributed by atoms with Crippen LogP contribution in [0.15, 0.2) is 29.4 Å². The number of hydrogen-bond donors (Lipinski definition) is 1. The van der Waals surface area contributed by atoms with Crippen molar-refractivity contribution >= 4 is 17.3 Å². The number of fused-ring (bicyclic) bond motifs is 1. The van der Waals surface area contributed by atoms with Crippen molar-refractivity contribution in [3.8, 4) is 0 Å². The molecule has 1 aromatic carbocycles. The summed E-state index contributed by atoms with van der Waals surface area (Å²) in [6, 6.07) is 7.57. The van der Waals surface area contributed by atoms with Crippen LogP contribution in [0.1, 0.15) is 0 Å². The molecule has 1 heterocycles. The van der Waals surface area contributed by atoms with E-state index in [2.05, 4.69) is 15.3 Å². The maximum absolute atomic E-state index is 11.4. The average molecular weight is 217 g/mol. The van der Waals surface area contributed by atoms with Gasteiger partial charge in [-0.05, 0) is 17.7 Å². The molecule has 0 atom stereocenters. The fraction of sp³-hybridized carbons (Fsp3) is 0.300. The van der Waals surface area contributed by atoms with Crippen LogP contribution in [0.2, 0.25) is 0 Å². The lowest BCUT2D eigenvalue weighted by molar-refractivity contribution is -0.115. The summed E-state index contributed by atoms with van der Waals surface area (Å²) in [6.07, 6.45) is 0. The first-order chi connectivity index (χ1) is 7.81. The zero-order chi connectivity index (χ0) is 11.4. The molecule has 0 spiro atoms. The van der Waals surface area contributed by atoms with E-state index in [9.17, 15) is 4.79 Å². The van der Waals surface area contributed by atoms with Gasteiger partial charge < -0.3 is 10.2 Å². The van der Waals surface area contributed by atoms with Gasteiger partial charge >= 0.3 is 0 Å². The molecule has 0 bridgehead atoms. The predicted octanol–water partition coefficient (Wildman–Crippen LogP) is 1.76. The molecule has 1 amide bonds. The largest absolute Gasteiger partial charge is 0.360 e. The van der Waals surface area contributed by atoms with Gasteiger partial charge in [-0.15, -0.1) is 0 Å². The van der Waals surface area contributed by atoms with Crippen molar-refractivity contribution in [2.45, 2.75) is 0 Å². The summed E-state index contributed by atoms with van der Waals surface area (Å²) in [5, 5.41) is 6.27. The van der Waals surface area contributed by atoms with Gasteiger partial charge in [0.1, 0.15) is 0 Å². The fourth-order valence-corrected chi connectivity index (χ4v) is 1.71. The lowest BCUT2D eigenvalue weighted by Gasteiger charge is -2.30. The second-order valence-corrected chi connectivity index (χ2v) is 3.44. The Hall–Kier alpha value is -2.20. The van der Waals surface area contributed by atoms with Gasteiger partial charge in [0.2, 0.25) is 5.91 Å². The van der Waals surface area contributed by atoms with E-state index in [1.165, 1.54) is 0 Å². The van der Waals surface area contributed by atoms with Gasteiger partial charge in [-0.2, -0.15) is 0 Å². The van der Waals surface area contributed by atoms with Crippen LogP contribution in [0, 0.1) is 0 Å². The maximum atomic E-state index is 11.4. The quantitative estimate of drug-likeness (QED) is 0.475. The number of carbonyl (C=O) groups is 1. The highest BCUT2D eigenvalue weighted by Gasteiger charge is 2.20. The first-order valence-electron chi connectivity index (χ1n) is 4.96. The highest BCUT2D eigenvalue weighted by Crippen LogP contribution is 2.28. The molecule has 2 rings (SSSR count). The minimum Gasteiger partial charge on any atom is -0.360 e. The first-order valence-corrected chi connectivity index (χ1v) is 4.96. The fourth-order valence-electron chi connectivity index (χ4n) is 1.71. The van der Waals surface area contributed by atoms with Crippen LogP contribution in [0.5, 0.6) is 0 Å². The third-order valence-electron chi connectivity index (χ3n) is 2.39. The molecule has 1 aliphatic heterocycles. The van der Waals surface area contributed by atoms with Crippen LogP contribution < -0.4 is 10.2 Å². The summed E-state index contributed by atoms with van der Waals surface area (Å²) in [7, 11) is 0. The Kier molecular flexibility index (Phi) is 2.93. The van der Waals surface area contributed by atoms with E-state index < -0.39 is 0 Å². The van der Waals surface area contributed by atoms with Crippen LogP contribution in [0.3, 0.4) is 0 Å². The number of para-hydroxylation sites is 2. The Morgan fingerprint density at radius 2 is 2.31 bits per heavy atom. The standard InChI is InChI=1S/C10H11N5O/c11-14-12-5-6-15-7-10(16)13-8-3-1-2-4-9(8)15/h1-4H,5-7H2,(H,13,16). The van der Waals surface area contributed by atoms with Crippen LogP contribution in [0.25, 0.3) is 10.4 Å². The van der Waals surface area contributed by atoms with Crippen LogP contribution >= 0.6 is 0 Å². The average Bonchev–Trinajstić information content (AvgIpc) is 2.29. The number of nitrogens with zero attached hydrogens (tertiary/aromatic N) is 4. The number of carbonyl (C=O) groups excluding carboxylic acids is 1. The molecule has 0 unspecified atom stereocenters. The summed E-state index contributed by atoms with van der Waals surface area (Å²) >= 11 is 0. The van der Waals surface area contributed by atoms with Crippen molar-refractivity contribution in [2.75, 3.05) is 29.9 Å². The second-order valence-electron chi connectivity index (χ2n) is 3.44. The smallest absolute Gasteiger partial charge is 0.243 e. The van der Waals surface area contributed by atoms with E-state index in [0.717, 1.165) is 11.4 Å². The molecule has 16 heavy (non-hydrogen) atoms. The first kappa shape index (κ1) is 10.3. The monoisotopic (exact) mass is 217 g/mol. The van der Waals surface area contributed by atoms with E-state index in [0.29, 0.717) is 19.6 Å². The highest BCUT2D eigenvalue weighted by molar-refractivity contribution is 6.01. The van der Waals surface area contributed by atoms with Crippen molar-refractivity contribution in [3.05, 3.63) is 34.7 Å². The molecule has 0 saturated heterocycles. The summed E-state index contributed by atoms with van der Waals surface area (Å²) < 4.78 is 0. The molecule has 1 aromatic rings. The maximum Gasteiger partial charge on any atom is 0.243 e. The van der Waals surface area contributed by atoms with E-state index in [-0.39, 0.29) is 5.91 Å². The van der Waals surface area contributed by atoms with Crippen molar-refractivity contribution < 1.29 is 4.79 Å². The van der Waals surface area contributed by atoms with Gasteiger partial charge in [-0.3, -0.25) is 4.79 Å². The van der Waals surface area contributed by atoms with Gasteiger partial charge in [0.15, 0.2) is 0 Å². The summed E-state index contributed by atoms with van der Waals surface area (Å²) in [5.41, 5.74) is 9.98. The SMILES string of the molecule is [N-]=[N+]=NCCN1CC(=O)Nc2ccccc21. The van der Waals surface area contributed by atoms with Gasteiger partial charge in [-0.25, -0.2) is 0 Å². The van der Waals surface area contributed by atoms with Crippen LogP contribution in [0.4, 0.5) is 11.4 Å². The second kappa shape index (κ2) is 4.55. The Morgan fingerprint density at radius 1 is 1.50 bits per heavy atom. The molecule has 6 nitrogen and oxygen atoms in total. The summed E-state index contributed by atoms with van der Waals surface area (Å²) in [5.74, 6) is -0.0420. The van der Waals surface area contributed by atoms with Gasteiger partial charge in [0, 0.05) is 18.0 Å². The molecule has 6 heteroatoms. The Morgan fingerprint density at radius 3 is 3.12 bits per heavy atom. The third kappa shape index (κ3) is 2.07. The Labute approximate surface area is 92.5 Å².